The van der Waals surface area contributed by atoms with Gasteiger partial charge in [0, 0.05) is 4.91 Å². The van der Waals surface area contributed by atoms with Crippen molar-refractivity contribution in [2.45, 2.75) is 5.25 Å². The first-order valence-corrected chi connectivity index (χ1v) is 6.36. The lowest BCUT2D eigenvalue weighted by Gasteiger charge is -2.14. The molecule has 1 rings (SSSR count). The third kappa shape index (κ3) is 3.84. The molecule has 0 heterocycles. The van der Waals surface area contributed by atoms with Crippen LogP contribution in [0.5, 0.6) is 0 Å². The number of hydrogen-bond donors (Lipinski definition) is 1. The SMILES string of the molecule is C=C(/C=C/OC)S(=O)[C@H](CO)c1ccccc1. The minimum atomic E-state index is -1.37. The molecule has 1 aromatic carbocycles. The lowest BCUT2D eigenvalue weighted by Crippen LogP contribution is -2.11. The molecule has 4 heteroatoms. The second kappa shape index (κ2) is 7.04. The number of aliphatic hydroxyl groups excluding tert-OH is 1. The summed E-state index contributed by atoms with van der Waals surface area (Å²) in [5.74, 6) is 0. The topological polar surface area (TPSA) is 46.5 Å². The summed E-state index contributed by atoms with van der Waals surface area (Å²) in [6.07, 6.45) is 2.96. The summed E-state index contributed by atoms with van der Waals surface area (Å²) >= 11 is 0. The second-order valence-electron chi connectivity index (χ2n) is 3.38. The predicted octanol–water partition coefficient (Wildman–Crippen LogP) is 2.14. The smallest absolute Gasteiger partial charge is 0.0874 e. The summed E-state index contributed by atoms with van der Waals surface area (Å²) in [4.78, 5) is 0.426. The Morgan fingerprint density at radius 3 is 2.71 bits per heavy atom. The number of aliphatic hydroxyl groups is 1. The number of hydrogen-bond acceptors (Lipinski definition) is 3. The molecule has 1 aromatic rings. The van der Waals surface area contributed by atoms with Gasteiger partial charge in [0.25, 0.3) is 0 Å². The van der Waals surface area contributed by atoms with E-state index < -0.39 is 16.0 Å². The number of ether oxygens (including phenoxy) is 1. The van der Waals surface area contributed by atoms with Gasteiger partial charge in [-0.1, -0.05) is 36.9 Å². The summed E-state index contributed by atoms with van der Waals surface area (Å²) in [7, 11) is 0.141. The normalized spacial score (nSPS) is 14.5. The van der Waals surface area contributed by atoms with Crippen molar-refractivity contribution >= 4 is 10.8 Å². The Kier molecular flexibility index (Phi) is 5.66. The van der Waals surface area contributed by atoms with E-state index in [0.29, 0.717) is 4.91 Å². The van der Waals surface area contributed by atoms with Gasteiger partial charge in [-0.15, -0.1) is 0 Å². The molecule has 0 aliphatic carbocycles. The van der Waals surface area contributed by atoms with Crippen LogP contribution in [-0.4, -0.2) is 23.0 Å². The van der Waals surface area contributed by atoms with E-state index in [9.17, 15) is 9.32 Å². The zero-order valence-electron chi connectivity index (χ0n) is 9.70. The van der Waals surface area contributed by atoms with Crippen LogP contribution in [0.15, 0.2) is 54.2 Å². The molecule has 3 nitrogen and oxygen atoms in total. The lowest BCUT2D eigenvalue weighted by atomic mass is 10.2. The van der Waals surface area contributed by atoms with E-state index in [-0.39, 0.29) is 6.61 Å². The van der Waals surface area contributed by atoms with E-state index >= 15 is 0 Å². The third-order valence-electron chi connectivity index (χ3n) is 2.24. The van der Waals surface area contributed by atoms with Crippen molar-refractivity contribution in [2.75, 3.05) is 13.7 Å². The van der Waals surface area contributed by atoms with Crippen molar-refractivity contribution in [2.24, 2.45) is 0 Å². The third-order valence-corrected chi connectivity index (χ3v) is 3.83. The zero-order valence-corrected chi connectivity index (χ0v) is 10.5. The minimum Gasteiger partial charge on any atom is -0.504 e. The Bertz CT molecular complexity index is 412. The van der Waals surface area contributed by atoms with Crippen LogP contribution in [-0.2, 0) is 15.5 Å². The van der Waals surface area contributed by atoms with E-state index in [1.807, 2.05) is 30.3 Å². The highest BCUT2D eigenvalue weighted by molar-refractivity contribution is 7.89. The Hall–Kier alpha value is -1.39. The molecule has 0 saturated carbocycles. The number of allylic oxidation sites excluding steroid dienone is 1. The fraction of sp³-hybridized carbons (Fsp3) is 0.231. The average Bonchev–Trinajstić information content (AvgIpc) is 2.38. The molecule has 1 N–H and O–H groups in total. The quantitative estimate of drug-likeness (QED) is 0.623. The van der Waals surface area contributed by atoms with Gasteiger partial charge in [0.2, 0.25) is 0 Å². The molecule has 0 amide bonds. The molecule has 1 unspecified atom stereocenters. The highest BCUT2D eigenvalue weighted by atomic mass is 32.2. The van der Waals surface area contributed by atoms with Crippen LogP contribution in [0, 0.1) is 0 Å². The lowest BCUT2D eigenvalue weighted by molar-refractivity contribution is 0.294. The van der Waals surface area contributed by atoms with Gasteiger partial charge in [-0.25, -0.2) is 0 Å². The maximum atomic E-state index is 12.1. The number of rotatable bonds is 6. The summed E-state index contributed by atoms with van der Waals surface area (Å²) < 4.78 is 16.9. The highest BCUT2D eigenvalue weighted by Gasteiger charge is 2.19. The molecule has 92 valence electrons. The van der Waals surface area contributed by atoms with Crippen LogP contribution in [0.2, 0.25) is 0 Å². The van der Waals surface area contributed by atoms with E-state index in [1.165, 1.54) is 13.4 Å². The summed E-state index contributed by atoms with van der Waals surface area (Å²) in [6, 6.07) is 9.25. The van der Waals surface area contributed by atoms with Crippen LogP contribution >= 0.6 is 0 Å². The molecule has 2 atom stereocenters. The van der Waals surface area contributed by atoms with E-state index in [4.69, 9.17) is 4.74 Å². The number of methoxy groups -OCH3 is 1. The van der Waals surface area contributed by atoms with Gasteiger partial charge in [0.05, 0.1) is 36.0 Å². The van der Waals surface area contributed by atoms with E-state index in [0.717, 1.165) is 5.56 Å². The molecule has 17 heavy (non-hydrogen) atoms. The van der Waals surface area contributed by atoms with Gasteiger partial charge in [-0.05, 0) is 11.6 Å². The van der Waals surface area contributed by atoms with Gasteiger partial charge < -0.3 is 9.84 Å². The monoisotopic (exact) mass is 252 g/mol. The maximum absolute atomic E-state index is 12.1. The number of benzene rings is 1. The van der Waals surface area contributed by atoms with Gasteiger partial charge in [0.1, 0.15) is 0 Å². The molecule has 0 aliphatic heterocycles. The van der Waals surface area contributed by atoms with Crippen LogP contribution in [0.25, 0.3) is 0 Å². The van der Waals surface area contributed by atoms with Gasteiger partial charge in [-0.2, -0.15) is 0 Å². The Labute approximate surface area is 104 Å². The van der Waals surface area contributed by atoms with Crippen molar-refractivity contribution in [3.05, 3.63) is 59.7 Å². The van der Waals surface area contributed by atoms with E-state index in [1.54, 1.807) is 6.08 Å². The fourth-order valence-electron chi connectivity index (χ4n) is 1.36. The predicted molar refractivity (Wildman–Crippen MR) is 69.7 cm³/mol. The minimum absolute atomic E-state index is 0.184. The van der Waals surface area contributed by atoms with Crippen molar-refractivity contribution in [3.8, 4) is 0 Å². The van der Waals surface area contributed by atoms with Crippen molar-refractivity contribution in [1.82, 2.24) is 0 Å². The van der Waals surface area contributed by atoms with Crippen LogP contribution < -0.4 is 0 Å². The first-order chi connectivity index (χ1) is 8.20. The summed E-state index contributed by atoms with van der Waals surface area (Å²) in [5.41, 5.74) is 0.834. The first-order valence-electron chi connectivity index (χ1n) is 5.15. The largest absolute Gasteiger partial charge is 0.504 e. The fourth-order valence-corrected chi connectivity index (χ4v) is 2.45. The average molecular weight is 252 g/mol. The van der Waals surface area contributed by atoms with Crippen LogP contribution in [0.3, 0.4) is 0 Å². The van der Waals surface area contributed by atoms with Gasteiger partial charge >= 0.3 is 0 Å². The summed E-state index contributed by atoms with van der Waals surface area (Å²) in [6.45, 7) is 3.52. The first kappa shape index (κ1) is 13.7. The summed E-state index contributed by atoms with van der Waals surface area (Å²) in [5, 5.41) is 8.88. The molecule has 0 fully saturated rings. The molecule has 0 bridgehead atoms. The molecule has 0 spiro atoms. The highest BCUT2D eigenvalue weighted by Crippen LogP contribution is 2.23. The Morgan fingerprint density at radius 2 is 2.18 bits per heavy atom. The molecule has 0 aromatic heterocycles. The van der Waals surface area contributed by atoms with Crippen molar-refractivity contribution in [3.63, 3.8) is 0 Å². The van der Waals surface area contributed by atoms with Crippen LogP contribution in [0.4, 0.5) is 0 Å². The maximum Gasteiger partial charge on any atom is 0.0874 e. The molecular formula is C13H16O3S. The molecular weight excluding hydrogens is 236 g/mol. The molecule has 0 aliphatic rings. The van der Waals surface area contributed by atoms with Crippen molar-refractivity contribution < 1.29 is 14.1 Å². The standard InChI is InChI=1S/C13H16O3S/c1-11(8-9-16-2)17(15)13(10-14)12-6-4-3-5-7-12/h3-9,13-14H,1,10H2,2H3/b9-8+/t13-,17?/m1/s1. The Morgan fingerprint density at radius 1 is 1.53 bits per heavy atom. The Balaban J connectivity index is 2.85. The molecule has 0 radical (unpaired) electrons. The van der Waals surface area contributed by atoms with Crippen molar-refractivity contribution in [1.29, 1.82) is 0 Å². The van der Waals surface area contributed by atoms with Crippen LogP contribution in [0.1, 0.15) is 10.8 Å². The van der Waals surface area contributed by atoms with Gasteiger partial charge in [0.15, 0.2) is 0 Å². The molecule has 0 saturated heterocycles. The zero-order chi connectivity index (χ0) is 12.7. The van der Waals surface area contributed by atoms with E-state index in [2.05, 4.69) is 6.58 Å². The second-order valence-corrected chi connectivity index (χ2v) is 5.07. The van der Waals surface area contributed by atoms with Gasteiger partial charge in [-0.3, -0.25) is 4.21 Å².